The van der Waals surface area contributed by atoms with Crippen molar-refractivity contribution in [2.24, 2.45) is 0 Å². The van der Waals surface area contributed by atoms with Crippen molar-refractivity contribution in [2.75, 3.05) is 4.90 Å². The third kappa shape index (κ3) is 2.74. The Morgan fingerprint density at radius 1 is 1.10 bits per heavy atom. The minimum atomic E-state index is 0.400. The molecule has 0 aliphatic carbocycles. The molecule has 1 nitrogen and oxygen atoms in total. The molecule has 0 bridgehead atoms. The summed E-state index contributed by atoms with van der Waals surface area (Å²) in [4.78, 5) is 2.21. The van der Waals surface area contributed by atoms with Crippen molar-refractivity contribution in [1.82, 2.24) is 0 Å². The van der Waals surface area contributed by atoms with Crippen molar-refractivity contribution in [3.8, 4) is 0 Å². The van der Waals surface area contributed by atoms with Crippen LogP contribution in [0.3, 0.4) is 0 Å². The van der Waals surface area contributed by atoms with E-state index in [1.807, 2.05) is 0 Å². The molecule has 0 amide bonds. The maximum Gasteiger partial charge on any atom is 0.138 e. The molecular weight excluding hydrogens is 282 g/mol. The summed E-state index contributed by atoms with van der Waals surface area (Å²) in [5.41, 5.74) is 3.94. The van der Waals surface area contributed by atoms with E-state index in [2.05, 4.69) is 72.1 Å². The first kappa shape index (κ1) is 13.7. The Balaban J connectivity index is 1.91. The third-order valence-electron chi connectivity index (χ3n) is 3.88. The molecule has 20 heavy (non-hydrogen) atoms. The maximum absolute atomic E-state index is 5.38. The minimum Gasteiger partial charge on any atom is -0.324 e. The predicted octanol–water partition coefficient (Wildman–Crippen LogP) is 4.27. The van der Waals surface area contributed by atoms with Crippen LogP contribution in [-0.2, 0) is 12.8 Å². The highest BCUT2D eigenvalue weighted by molar-refractivity contribution is 8.11. The van der Waals surface area contributed by atoms with Gasteiger partial charge in [0.2, 0.25) is 0 Å². The van der Waals surface area contributed by atoms with Gasteiger partial charge in [0.05, 0.1) is 0 Å². The van der Waals surface area contributed by atoms with Crippen LogP contribution in [0.5, 0.6) is 0 Å². The molecule has 0 saturated heterocycles. The molecule has 0 saturated carbocycles. The van der Waals surface area contributed by atoms with Gasteiger partial charge in [-0.15, -0.1) is 12.6 Å². The molecule has 2 aromatic carbocycles. The van der Waals surface area contributed by atoms with Gasteiger partial charge in [-0.3, -0.25) is 0 Å². The Labute approximate surface area is 131 Å². The summed E-state index contributed by atoms with van der Waals surface area (Å²) in [6, 6.07) is 19.5. The summed E-state index contributed by atoms with van der Waals surface area (Å²) < 4.78 is 0.665. The number of rotatable bonds is 2. The fraction of sp³-hybridized carbons (Fsp3) is 0.235. The Morgan fingerprint density at radius 2 is 1.80 bits per heavy atom. The third-order valence-corrected chi connectivity index (χ3v) is 4.30. The maximum atomic E-state index is 5.38. The Hall–Kier alpha value is -1.32. The first-order valence-electron chi connectivity index (χ1n) is 6.89. The number of aryl methyl sites for hydroxylation is 1. The van der Waals surface area contributed by atoms with Crippen molar-refractivity contribution in [3.63, 3.8) is 0 Å². The standard InChI is InChI=1S/C17H17NS2/c19-17(20)18-15(12-13-6-2-1-3-7-13)11-10-14-8-4-5-9-16(14)18/h1-9,15H,10-12H2,(H,19,20). The van der Waals surface area contributed by atoms with Crippen LogP contribution in [0.25, 0.3) is 0 Å². The zero-order valence-electron chi connectivity index (χ0n) is 11.2. The molecule has 3 rings (SSSR count). The zero-order chi connectivity index (χ0) is 13.9. The Kier molecular flexibility index (Phi) is 4.08. The number of nitrogens with zero attached hydrogens (tertiary/aromatic N) is 1. The number of fused-ring (bicyclic) bond motifs is 1. The molecule has 0 fully saturated rings. The molecule has 1 aliphatic heterocycles. The van der Waals surface area contributed by atoms with Gasteiger partial charge < -0.3 is 4.90 Å². The van der Waals surface area contributed by atoms with Gasteiger partial charge in [0, 0.05) is 11.7 Å². The second-order valence-corrected chi connectivity index (χ2v) is 6.28. The van der Waals surface area contributed by atoms with Gasteiger partial charge in [-0.05, 0) is 36.5 Å². The second-order valence-electron chi connectivity index (χ2n) is 5.16. The molecule has 2 aromatic rings. The van der Waals surface area contributed by atoms with E-state index in [-0.39, 0.29) is 0 Å². The molecule has 0 N–H and O–H groups in total. The van der Waals surface area contributed by atoms with E-state index < -0.39 is 0 Å². The number of thiol groups is 1. The van der Waals surface area contributed by atoms with Crippen molar-refractivity contribution in [1.29, 1.82) is 0 Å². The number of hydrogen-bond acceptors (Lipinski definition) is 1. The lowest BCUT2D eigenvalue weighted by atomic mass is 9.92. The molecule has 1 aliphatic rings. The van der Waals surface area contributed by atoms with Crippen LogP contribution in [0.1, 0.15) is 17.5 Å². The van der Waals surface area contributed by atoms with E-state index in [9.17, 15) is 0 Å². The average Bonchev–Trinajstić information content (AvgIpc) is 2.47. The first-order chi connectivity index (χ1) is 9.75. The van der Waals surface area contributed by atoms with Crippen LogP contribution < -0.4 is 4.90 Å². The number of hydrogen-bond donors (Lipinski definition) is 1. The summed E-state index contributed by atoms with van der Waals surface area (Å²) in [7, 11) is 0. The summed E-state index contributed by atoms with van der Waals surface area (Å²) in [5, 5.41) is 0. The highest BCUT2D eigenvalue weighted by Crippen LogP contribution is 2.33. The van der Waals surface area contributed by atoms with E-state index in [0.29, 0.717) is 10.4 Å². The molecule has 0 radical (unpaired) electrons. The predicted molar refractivity (Wildman–Crippen MR) is 92.8 cm³/mol. The molecule has 102 valence electrons. The van der Waals surface area contributed by atoms with Crippen LogP contribution in [0.15, 0.2) is 54.6 Å². The van der Waals surface area contributed by atoms with E-state index >= 15 is 0 Å². The zero-order valence-corrected chi connectivity index (χ0v) is 12.9. The van der Waals surface area contributed by atoms with Crippen molar-refractivity contribution >= 4 is 34.9 Å². The number of anilines is 1. The van der Waals surface area contributed by atoms with Gasteiger partial charge >= 0.3 is 0 Å². The number of para-hydroxylation sites is 1. The molecule has 0 spiro atoms. The van der Waals surface area contributed by atoms with Crippen LogP contribution in [0.2, 0.25) is 0 Å². The Morgan fingerprint density at radius 3 is 2.55 bits per heavy atom. The van der Waals surface area contributed by atoms with Crippen molar-refractivity contribution in [2.45, 2.75) is 25.3 Å². The lowest BCUT2D eigenvalue weighted by Crippen LogP contribution is -2.42. The van der Waals surface area contributed by atoms with Crippen LogP contribution in [0, 0.1) is 0 Å². The van der Waals surface area contributed by atoms with Gasteiger partial charge in [-0.25, -0.2) is 0 Å². The number of thiocarbonyl (C=S) groups is 1. The fourth-order valence-corrected chi connectivity index (χ4v) is 3.46. The smallest absolute Gasteiger partial charge is 0.138 e. The van der Waals surface area contributed by atoms with Crippen molar-refractivity contribution in [3.05, 3.63) is 65.7 Å². The van der Waals surface area contributed by atoms with Crippen LogP contribution in [-0.4, -0.2) is 10.4 Å². The lowest BCUT2D eigenvalue weighted by Gasteiger charge is -2.38. The molecule has 0 aromatic heterocycles. The molecule has 1 unspecified atom stereocenters. The van der Waals surface area contributed by atoms with E-state index in [1.54, 1.807) is 0 Å². The molecule has 1 heterocycles. The summed E-state index contributed by atoms with van der Waals surface area (Å²) in [6.07, 6.45) is 3.24. The highest BCUT2D eigenvalue weighted by Gasteiger charge is 2.27. The van der Waals surface area contributed by atoms with Crippen LogP contribution in [0.4, 0.5) is 5.69 Å². The fourth-order valence-electron chi connectivity index (χ4n) is 2.94. The van der Waals surface area contributed by atoms with Crippen molar-refractivity contribution < 1.29 is 0 Å². The second kappa shape index (κ2) is 5.98. The van der Waals surface area contributed by atoms with Gasteiger partial charge in [0.25, 0.3) is 0 Å². The van der Waals surface area contributed by atoms with E-state index in [0.717, 1.165) is 19.3 Å². The van der Waals surface area contributed by atoms with E-state index in [1.165, 1.54) is 16.8 Å². The minimum absolute atomic E-state index is 0.400. The molecular formula is C17H17NS2. The van der Waals surface area contributed by atoms with Gasteiger partial charge in [0.1, 0.15) is 4.32 Å². The monoisotopic (exact) mass is 299 g/mol. The summed E-state index contributed by atoms with van der Waals surface area (Å²) in [5.74, 6) is 0. The summed E-state index contributed by atoms with van der Waals surface area (Å²) in [6.45, 7) is 0. The summed E-state index contributed by atoms with van der Waals surface area (Å²) >= 11 is 9.82. The average molecular weight is 299 g/mol. The topological polar surface area (TPSA) is 3.24 Å². The highest BCUT2D eigenvalue weighted by atomic mass is 32.1. The largest absolute Gasteiger partial charge is 0.324 e. The molecule has 1 atom stereocenters. The Bertz CT molecular complexity index is 609. The normalized spacial score (nSPS) is 17.6. The SMILES string of the molecule is S=C(S)N1c2ccccc2CCC1Cc1ccccc1. The van der Waals surface area contributed by atoms with Gasteiger partial charge in [-0.1, -0.05) is 60.7 Å². The van der Waals surface area contributed by atoms with E-state index in [4.69, 9.17) is 12.2 Å². The number of benzene rings is 2. The first-order valence-corrected chi connectivity index (χ1v) is 7.75. The van der Waals surface area contributed by atoms with Gasteiger partial charge in [0.15, 0.2) is 0 Å². The molecule has 3 heteroatoms. The lowest BCUT2D eigenvalue weighted by molar-refractivity contribution is 0.584. The quantitative estimate of drug-likeness (QED) is 0.652. The van der Waals surface area contributed by atoms with Gasteiger partial charge in [-0.2, -0.15) is 0 Å². The van der Waals surface area contributed by atoms with Crippen LogP contribution >= 0.6 is 24.8 Å².